The fourth-order valence-electron chi connectivity index (χ4n) is 6.10. The van der Waals surface area contributed by atoms with Gasteiger partial charge in [0.1, 0.15) is 17.2 Å². The average Bonchev–Trinajstić information content (AvgIpc) is 3.08. The van der Waals surface area contributed by atoms with Crippen molar-refractivity contribution in [1.29, 1.82) is 0 Å². The lowest BCUT2D eigenvalue weighted by Gasteiger charge is -2.23. The van der Waals surface area contributed by atoms with Gasteiger partial charge in [-0.3, -0.25) is 0 Å². The fraction of sp³-hybridized carbons (Fsp3) is 0.571. The molecule has 3 aromatic carbocycles. The summed E-state index contributed by atoms with van der Waals surface area (Å²) < 4.78 is 34.0. The maximum Gasteiger partial charge on any atom is 0.647 e. The molecule has 0 N–H and O–H groups in total. The Bertz CT molecular complexity index is 1130. The van der Waals surface area contributed by atoms with E-state index in [2.05, 4.69) is 39.0 Å². The molecule has 0 saturated carbocycles. The van der Waals surface area contributed by atoms with Gasteiger partial charge in [-0.25, -0.2) is 0 Å². The fourth-order valence-corrected chi connectivity index (χ4v) is 7.47. The number of hydrogen-bond acceptors (Lipinski definition) is 4. The van der Waals surface area contributed by atoms with Gasteiger partial charge in [0.05, 0.1) is 0 Å². The Kier molecular flexibility index (Phi) is 19.4. The molecule has 0 radical (unpaired) electrons. The average molecular weight is 663 g/mol. The van der Waals surface area contributed by atoms with E-state index >= 15 is 0 Å². The number of rotatable bonds is 27. The molecule has 0 aromatic heterocycles. The molecule has 5 heteroatoms. The van der Waals surface area contributed by atoms with Crippen LogP contribution in [0.25, 0.3) is 0 Å². The van der Waals surface area contributed by atoms with Crippen molar-refractivity contribution in [2.24, 2.45) is 0 Å². The third-order valence-electron chi connectivity index (χ3n) is 8.95. The van der Waals surface area contributed by atoms with Gasteiger partial charge in [0.25, 0.3) is 0 Å². The smallest absolute Gasteiger partial charge is 0.386 e. The number of phosphoric ester groups is 1. The molecule has 3 rings (SSSR count). The lowest BCUT2D eigenvalue weighted by atomic mass is 10.0. The summed E-state index contributed by atoms with van der Waals surface area (Å²) in [5.41, 5.74) is 3.11. The van der Waals surface area contributed by atoms with E-state index in [4.69, 9.17) is 13.6 Å². The van der Waals surface area contributed by atoms with Crippen LogP contribution in [-0.2, 0) is 23.8 Å². The second-order valence-corrected chi connectivity index (χ2v) is 14.5. The van der Waals surface area contributed by atoms with Gasteiger partial charge >= 0.3 is 7.82 Å². The summed E-state index contributed by atoms with van der Waals surface area (Å²) in [4.78, 5) is 0. The first-order chi connectivity index (χ1) is 23.1. The predicted molar refractivity (Wildman–Crippen MR) is 200 cm³/mol. The van der Waals surface area contributed by atoms with Crippen LogP contribution in [0.5, 0.6) is 17.2 Å². The van der Waals surface area contributed by atoms with E-state index in [1.807, 2.05) is 54.6 Å². The lowest BCUT2D eigenvalue weighted by Crippen LogP contribution is -2.10. The molecule has 4 nitrogen and oxygen atoms in total. The van der Waals surface area contributed by atoms with Crippen molar-refractivity contribution in [3.05, 3.63) is 89.5 Å². The highest BCUT2D eigenvalue weighted by Crippen LogP contribution is 2.52. The molecule has 0 saturated heterocycles. The van der Waals surface area contributed by atoms with Gasteiger partial charge in [0.2, 0.25) is 0 Å². The van der Waals surface area contributed by atoms with Gasteiger partial charge in [0.15, 0.2) is 0 Å². The molecule has 0 amide bonds. The first-order valence-corrected chi connectivity index (χ1v) is 20.5. The minimum atomic E-state index is -4.13. The zero-order chi connectivity index (χ0) is 33.4. The number of unbranched alkanes of at least 4 members (excludes halogenated alkanes) is 15. The quantitative estimate of drug-likeness (QED) is 0.0602. The van der Waals surface area contributed by atoms with Crippen LogP contribution in [0.15, 0.2) is 72.8 Å². The molecule has 0 fully saturated rings. The summed E-state index contributed by atoms with van der Waals surface area (Å²) in [6.07, 6.45) is 24.5. The van der Waals surface area contributed by atoms with Crippen molar-refractivity contribution in [3.63, 3.8) is 0 Å². The number of para-hydroxylation sites is 3. The zero-order valence-corrected chi connectivity index (χ0v) is 30.8. The summed E-state index contributed by atoms with van der Waals surface area (Å²) in [5, 5.41) is 0. The summed E-state index contributed by atoms with van der Waals surface area (Å²) in [6.45, 7) is 6.74. The predicted octanol–water partition coefficient (Wildman–Crippen LogP) is 14.0. The van der Waals surface area contributed by atoms with Crippen LogP contribution in [0.2, 0.25) is 0 Å². The van der Waals surface area contributed by atoms with Gasteiger partial charge in [-0.15, -0.1) is 0 Å². The molecule has 0 spiro atoms. The third-order valence-corrected chi connectivity index (χ3v) is 10.2. The van der Waals surface area contributed by atoms with Gasteiger partial charge in [0, 0.05) is 0 Å². The number of phosphoric acid groups is 1. The Labute approximate surface area is 287 Å². The second kappa shape index (κ2) is 23.6. The SMILES string of the molecule is CCCCCCCCc1ccccc1OP(=O)(Oc1ccccc1CCCCCCCC)Oc1ccccc1CCCCCCCC. The van der Waals surface area contributed by atoms with Gasteiger partial charge < -0.3 is 13.6 Å². The van der Waals surface area contributed by atoms with Gasteiger partial charge in [-0.1, -0.05) is 172 Å². The van der Waals surface area contributed by atoms with Crippen molar-refractivity contribution in [2.75, 3.05) is 0 Å². The van der Waals surface area contributed by atoms with Crippen LogP contribution < -0.4 is 13.6 Å². The Hall–Kier alpha value is -2.71. The van der Waals surface area contributed by atoms with E-state index in [0.717, 1.165) is 55.2 Å². The lowest BCUT2D eigenvalue weighted by molar-refractivity contribution is 0.295. The first kappa shape index (κ1) is 38.7. The van der Waals surface area contributed by atoms with E-state index in [9.17, 15) is 4.57 Å². The van der Waals surface area contributed by atoms with Crippen LogP contribution in [0.1, 0.15) is 153 Å². The Morgan fingerprint density at radius 3 is 0.936 bits per heavy atom. The zero-order valence-electron chi connectivity index (χ0n) is 29.9. The Morgan fingerprint density at radius 1 is 0.383 bits per heavy atom. The summed E-state index contributed by atoms with van der Waals surface area (Å²) in [6, 6.07) is 23.8. The normalized spacial score (nSPS) is 11.5. The molecule has 0 heterocycles. The molecule has 0 bridgehead atoms. The topological polar surface area (TPSA) is 44.8 Å². The van der Waals surface area contributed by atoms with Crippen molar-refractivity contribution < 1.29 is 18.1 Å². The maximum atomic E-state index is 14.9. The van der Waals surface area contributed by atoms with Crippen LogP contribution in [0, 0.1) is 0 Å². The summed E-state index contributed by atoms with van der Waals surface area (Å²) >= 11 is 0. The summed E-state index contributed by atoms with van der Waals surface area (Å²) in [5.74, 6) is 1.73. The van der Waals surface area contributed by atoms with E-state index < -0.39 is 7.82 Å². The standard InChI is InChI=1S/C42H63O4P/c1-4-7-10-13-16-19-28-37-31-22-25-34-40(37)44-47(43,45-41-35-26-23-32-38(41)29-20-17-14-11-8-5-2)46-42-36-27-24-33-39(42)30-21-18-15-12-9-6-3/h22-27,31-36H,4-21,28-30H2,1-3H3. The maximum absolute atomic E-state index is 14.9. The van der Waals surface area contributed by atoms with E-state index in [1.165, 1.54) is 96.3 Å². The van der Waals surface area contributed by atoms with E-state index in [1.54, 1.807) is 0 Å². The van der Waals surface area contributed by atoms with Crippen molar-refractivity contribution in [1.82, 2.24) is 0 Å². The monoisotopic (exact) mass is 662 g/mol. The van der Waals surface area contributed by atoms with E-state index in [-0.39, 0.29) is 0 Å². The minimum absolute atomic E-state index is 0.575. The molecule has 260 valence electrons. The molecule has 0 aliphatic carbocycles. The summed E-state index contributed by atoms with van der Waals surface area (Å²) in [7, 11) is -4.13. The first-order valence-electron chi connectivity index (χ1n) is 19.0. The Morgan fingerprint density at radius 2 is 0.638 bits per heavy atom. The van der Waals surface area contributed by atoms with Gasteiger partial charge in [-0.2, -0.15) is 4.57 Å². The number of aryl methyl sites for hydroxylation is 3. The molecule has 0 aliphatic heterocycles. The highest BCUT2D eigenvalue weighted by molar-refractivity contribution is 7.49. The van der Waals surface area contributed by atoms with Crippen molar-refractivity contribution >= 4 is 7.82 Å². The van der Waals surface area contributed by atoms with Crippen LogP contribution in [-0.4, -0.2) is 0 Å². The second-order valence-electron chi connectivity index (χ2n) is 13.1. The highest BCUT2D eigenvalue weighted by atomic mass is 31.2. The van der Waals surface area contributed by atoms with Gasteiger partial charge in [-0.05, 0) is 73.4 Å². The van der Waals surface area contributed by atoms with Crippen molar-refractivity contribution in [3.8, 4) is 17.2 Å². The molecule has 47 heavy (non-hydrogen) atoms. The molecule has 0 atom stereocenters. The highest BCUT2D eigenvalue weighted by Gasteiger charge is 2.35. The third kappa shape index (κ3) is 15.4. The molecule has 0 unspecified atom stereocenters. The van der Waals surface area contributed by atoms with Crippen LogP contribution in [0.3, 0.4) is 0 Å². The molecular formula is C42H63O4P. The van der Waals surface area contributed by atoms with Crippen molar-refractivity contribution in [2.45, 2.75) is 156 Å². The largest absolute Gasteiger partial charge is 0.647 e. The van der Waals surface area contributed by atoms with Crippen LogP contribution >= 0.6 is 7.82 Å². The van der Waals surface area contributed by atoms with Crippen LogP contribution in [0.4, 0.5) is 0 Å². The Balaban J connectivity index is 1.81. The number of benzene rings is 3. The molecule has 0 aliphatic rings. The van der Waals surface area contributed by atoms with E-state index in [0.29, 0.717) is 17.2 Å². The number of hydrogen-bond donors (Lipinski definition) is 0. The minimum Gasteiger partial charge on any atom is -0.386 e. The molecule has 3 aromatic rings. The molecular weight excluding hydrogens is 599 g/mol.